The highest BCUT2D eigenvalue weighted by molar-refractivity contribution is 6.38. The number of anilines is 1. The summed E-state index contributed by atoms with van der Waals surface area (Å²) in [5.41, 5.74) is 5.53. The van der Waals surface area contributed by atoms with Gasteiger partial charge in [0.15, 0.2) is 0 Å². The molecule has 1 aliphatic rings. The van der Waals surface area contributed by atoms with E-state index in [1.54, 1.807) is 18.2 Å². The summed E-state index contributed by atoms with van der Waals surface area (Å²) >= 11 is 12.1. The monoisotopic (exact) mass is 361 g/mol. The first kappa shape index (κ1) is 16.8. The number of nitrogens with zero attached hydrogens (tertiary/aromatic N) is 2. The van der Waals surface area contributed by atoms with E-state index in [0.29, 0.717) is 15.6 Å². The third kappa shape index (κ3) is 3.89. The van der Waals surface area contributed by atoms with E-state index >= 15 is 0 Å². The number of nitrogens with one attached hydrogen (secondary N) is 1. The zero-order chi connectivity index (χ0) is 16.9. The number of hydrogen-bond acceptors (Lipinski definition) is 3. The van der Waals surface area contributed by atoms with Gasteiger partial charge in [-0.2, -0.15) is 5.10 Å². The second-order valence-corrected chi connectivity index (χ2v) is 6.40. The third-order valence-corrected chi connectivity index (χ3v) is 4.58. The molecule has 1 heterocycles. The van der Waals surface area contributed by atoms with Crippen LogP contribution in [0.3, 0.4) is 0 Å². The normalized spacial score (nSPS) is 13.8. The molecular weight excluding hydrogens is 345 g/mol. The van der Waals surface area contributed by atoms with Gasteiger partial charge in [0.25, 0.3) is 5.91 Å². The topological polar surface area (TPSA) is 44.7 Å². The van der Waals surface area contributed by atoms with Crippen molar-refractivity contribution >= 4 is 41.0 Å². The van der Waals surface area contributed by atoms with Crippen LogP contribution in [0.1, 0.15) is 17.5 Å². The first-order valence-electron chi connectivity index (χ1n) is 7.74. The lowest BCUT2D eigenvalue weighted by Gasteiger charge is -2.30. The zero-order valence-electron chi connectivity index (χ0n) is 13.0. The molecule has 1 N–H and O–H groups in total. The fourth-order valence-corrected chi connectivity index (χ4v) is 3.28. The van der Waals surface area contributed by atoms with Crippen LogP contribution in [0.15, 0.2) is 47.6 Å². The Hall–Kier alpha value is -2.04. The fraction of sp³-hybridized carbons (Fsp3) is 0.222. The molecule has 1 aliphatic heterocycles. The number of hydrazone groups is 1. The first-order valence-corrected chi connectivity index (χ1v) is 8.49. The van der Waals surface area contributed by atoms with Crippen molar-refractivity contribution in [3.8, 4) is 0 Å². The maximum Gasteiger partial charge on any atom is 0.259 e. The average Bonchev–Trinajstić information content (AvgIpc) is 2.58. The number of amides is 1. The Bertz CT molecular complexity index is 756. The molecule has 0 fully saturated rings. The lowest BCUT2D eigenvalue weighted by atomic mass is 10.0. The quantitative estimate of drug-likeness (QED) is 0.662. The summed E-state index contributed by atoms with van der Waals surface area (Å²) in [6, 6.07) is 13.4. The molecule has 1 amide bonds. The van der Waals surface area contributed by atoms with Crippen molar-refractivity contribution in [2.24, 2.45) is 5.10 Å². The number of hydrogen-bond donors (Lipinski definition) is 1. The molecular formula is C18H17Cl2N3O. The maximum absolute atomic E-state index is 12.1. The molecule has 0 radical (unpaired) electrons. The van der Waals surface area contributed by atoms with Gasteiger partial charge in [-0.15, -0.1) is 0 Å². The number of halogens is 2. The Morgan fingerprint density at radius 2 is 1.92 bits per heavy atom. The fourth-order valence-electron chi connectivity index (χ4n) is 2.79. The van der Waals surface area contributed by atoms with Crippen molar-refractivity contribution in [1.82, 2.24) is 5.43 Å². The van der Waals surface area contributed by atoms with Crippen molar-refractivity contribution in [3.05, 3.63) is 63.6 Å². The molecule has 24 heavy (non-hydrogen) atoms. The van der Waals surface area contributed by atoms with Crippen molar-refractivity contribution in [3.63, 3.8) is 0 Å². The Labute approximate surface area is 151 Å². The van der Waals surface area contributed by atoms with Crippen LogP contribution in [0.25, 0.3) is 0 Å². The van der Waals surface area contributed by atoms with Crippen molar-refractivity contribution in [2.45, 2.75) is 12.8 Å². The van der Waals surface area contributed by atoms with Crippen LogP contribution in [0.2, 0.25) is 10.0 Å². The minimum atomic E-state index is -0.175. The van der Waals surface area contributed by atoms with Crippen molar-refractivity contribution in [1.29, 1.82) is 0 Å². The molecule has 6 heteroatoms. The predicted octanol–water partition coefficient (Wildman–Crippen LogP) is 3.90. The lowest BCUT2D eigenvalue weighted by molar-refractivity contribution is -0.119. The standard InChI is InChI=1S/C18H17Cl2N3O/c19-15-7-3-8-16(20)14(15)11-21-22-18(24)12-23-10-4-6-13-5-1-2-9-17(13)23/h1-3,5,7-9,11H,4,6,10,12H2,(H,22,24)/b21-11-. The van der Waals surface area contributed by atoms with Gasteiger partial charge >= 0.3 is 0 Å². The van der Waals surface area contributed by atoms with Gasteiger partial charge in [0.05, 0.1) is 22.8 Å². The maximum atomic E-state index is 12.1. The number of rotatable bonds is 4. The lowest BCUT2D eigenvalue weighted by Crippen LogP contribution is -2.38. The van der Waals surface area contributed by atoms with Gasteiger partial charge in [-0.05, 0) is 36.6 Å². The summed E-state index contributed by atoms with van der Waals surface area (Å²) in [6.45, 7) is 1.13. The van der Waals surface area contributed by atoms with E-state index in [0.717, 1.165) is 25.1 Å². The number of carbonyl (C=O) groups excluding carboxylic acids is 1. The zero-order valence-corrected chi connectivity index (χ0v) is 14.5. The van der Waals surface area contributed by atoms with Crippen LogP contribution in [-0.2, 0) is 11.2 Å². The van der Waals surface area contributed by atoms with Gasteiger partial charge in [0, 0.05) is 17.8 Å². The second kappa shape index (κ2) is 7.69. The number of para-hydroxylation sites is 1. The SMILES string of the molecule is O=C(CN1CCCc2ccccc21)N/N=C\c1c(Cl)cccc1Cl. The van der Waals surface area contributed by atoms with Crippen LogP contribution < -0.4 is 10.3 Å². The van der Waals surface area contributed by atoms with Gasteiger partial charge in [0.2, 0.25) is 0 Å². The van der Waals surface area contributed by atoms with Gasteiger partial charge in [-0.25, -0.2) is 5.43 Å². The highest BCUT2D eigenvalue weighted by Gasteiger charge is 2.18. The average molecular weight is 362 g/mol. The van der Waals surface area contributed by atoms with Crippen LogP contribution in [0, 0.1) is 0 Å². The number of benzene rings is 2. The van der Waals surface area contributed by atoms with E-state index in [4.69, 9.17) is 23.2 Å². The number of aryl methyl sites for hydroxylation is 1. The summed E-state index contributed by atoms with van der Waals surface area (Å²) in [6.07, 6.45) is 3.56. The van der Waals surface area contributed by atoms with E-state index in [-0.39, 0.29) is 12.5 Å². The molecule has 0 aliphatic carbocycles. The van der Waals surface area contributed by atoms with Crippen LogP contribution in [0.4, 0.5) is 5.69 Å². The minimum absolute atomic E-state index is 0.175. The summed E-state index contributed by atoms with van der Waals surface area (Å²) in [7, 11) is 0. The summed E-state index contributed by atoms with van der Waals surface area (Å²) in [4.78, 5) is 14.2. The van der Waals surface area contributed by atoms with Crippen molar-refractivity contribution < 1.29 is 4.79 Å². The Kier molecular flexibility index (Phi) is 5.38. The van der Waals surface area contributed by atoms with Gasteiger partial charge in [-0.3, -0.25) is 4.79 Å². The summed E-state index contributed by atoms with van der Waals surface area (Å²) in [5.74, 6) is -0.175. The van der Waals surface area contributed by atoms with E-state index in [9.17, 15) is 4.79 Å². The molecule has 2 aromatic rings. The van der Waals surface area contributed by atoms with Gasteiger partial charge in [0.1, 0.15) is 0 Å². The summed E-state index contributed by atoms with van der Waals surface area (Å²) in [5, 5.41) is 4.95. The molecule has 3 rings (SSSR count). The molecule has 0 saturated carbocycles. The third-order valence-electron chi connectivity index (χ3n) is 3.92. The van der Waals surface area contributed by atoms with E-state index in [2.05, 4.69) is 27.6 Å². The van der Waals surface area contributed by atoms with Gasteiger partial charge < -0.3 is 4.90 Å². The van der Waals surface area contributed by atoms with Crippen LogP contribution in [-0.4, -0.2) is 25.2 Å². The molecule has 2 aromatic carbocycles. The Morgan fingerprint density at radius 1 is 1.17 bits per heavy atom. The van der Waals surface area contributed by atoms with Crippen LogP contribution >= 0.6 is 23.2 Å². The molecule has 0 aromatic heterocycles. The van der Waals surface area contributed by atoms with E-state index in [1.165, 1.54) is 11.8 Å². The van der Waals surface area contributed by atoms with Crippen molar-refractivity contribution in [2.75, 3.05) is 18.0 Å². The van der Waals surface area contributed by atoms with Gasteiger partial charge in [-0.1, -0.05) is 47.5 Å². The Balaban J connectivity index is 1.62. The molecule has 0 saturated heterocycles. The Morgan fingerprint density at radius 3 is 2.71 bits per heavy atom. The largest absolute Gasteiger partial charge is 0.362 e. The second-order valence-electron chi connectivity index (χ2n) is 5.58. The highest BCUT2D eigenvalue weighted by atomic mass is 35.5. The highest BCUT2D eigenvalue weighted by Crippen LogP contribution is 2.26. The minimum Gasteiger partial charge on any atom is -0.362 e. The van der Waals surface area contributed by atoms with E-state index < -0.39 is 0 Å². The van der Waals surface area contributed by atoms with Crippen LogP contribution in [0.5, 0.6) is 0 Å². The summed E-state index contributed by atoms with van der Waals surface area (Å²) < 4.78 is 0. The van der Waals surface area contributed by atoms with E-state index in [1.807, 2.05) is 12.1 Å². The predicted molar refractivity (Wildman–Crippen MR) is 99.2 cm³/mol. The molecule has 0 unspecified atom stereocenters. The molecule has 4 nitrogen and oxygen atoms in total. The molecule has 124 valence electrons. The number of fused-ring (bicyclic) bond motifs is 1. The smallest absolute Gasteiger partial charge is 0.259 e. The molecule has 0 spiro atoms. The molecule has 0 atom stereocenters. The molecule has 0 bridgehead atoms. The number of carbonyl (C=O) groups is 1. The first-order chi connectivity index (χ1) is 11.6.